The lowest BCUT2D eigenvalue weighted by Crippen LogP contribution is -2.24. The lowest BCUT2D eigenvalue weighted by molar-refractivity contribution is -0.142. The van der Waals surface area contributed by atoms with Crippen molar-refractivity contribution in [2.45, 2.75) is 13.8 Å². The van der Waals surface area contributed by atoms with Crippen LogP contribution in [0.15, 0.2) is 0 Å². The van der Waals surface area contributed by atoms with Gasteiger partial charge >= 0.3 is 0 Å². The van der Waals surface area contributed by atoms with E-state index in [2.05, 4.69) is 0 Å². The Kier molecular flexibility index (Phi) is 0.880. The summed E-state index contributed by atoms with van der Waals surface area (Å²) in [6.45, 7) is 3.70. The highest BCUT2D eigenvalue weighted by atomic mass is 16.2. The molecule has 2 unspecified atom stereocenters. The standard InChI is InChI=1S/C8H8O3/c1-8(2)3-4(8)6(10)7(11)5(3)9/h3-4H,1-2H3. The van der Waals surface area contributed by atoms with E-state index in [4.69, 9.17) is 0 Å². The van der Waals surface area contributed by atoms with Crippen LogP contribution in [-0.4, -0.2) is 17.3 Å². The molecule has 0 radical (unpaired) electrons. The minimum Gasteiger partial charge on any atom is -0.290 e. The van der Waals surface area contributed by atoms with Crippen LogP contribution in [0.5, 0.6) is 0 Å². The van der Waals surface area contributed by atoms with Gasteiger partial charge in [-0.3, -0.25) is 14.4 Å². The highest BCUT2D eigenvalue weighted by Crippen LogP contribution is 2.62. The molecule has 0 spiro atoms. The zero-order chi connectivity index (χ0) is 8.39. The minimum atomic E-state index is -0.778. The van der Waals surface area contributed by atoms with Gasteiger partial charge in [0.15, 0.2) is 0 Å². The van der Waals surface area contributed by atoms with Crippen LogP contribution in [0.4, 0.5) is 0 Å². The van der Waals surface area contributed by atoms with E-state index in [-0.39, 0.29) is 17.3 Å². The van der Waals surface area contributed by atoms with Crippen LogP contribution in [-0.2, 0) is 14.4 Å². The molecule has 3 heteroatoms. The van der Waals surface area contributed by atoms with Crippen molar-refractivity contribution < 1.29 is 14.4 Å². The second kappa shape index (κ2) is 1.44. The largest absolute Gasteiger partial charge is 0.290 e. The summed E-state index contributed by atoms with van der Waals surface area (Å²) in [7, 11) is 0. The maximum absolute atomic E-state index is 11.0. The summed E-state index contributed by atoms with van der Waals surface area (Å²) in [5, 5.41) is 0. The zero-order valence-corrected chi connectivity index (χ0v) is 6.38. The lowest BCUT2D eigenvalue weighted by atomic mass is 9.99. The Morgan fingerprint density at radius 3 is 1.64 bits per heavy atom. The number of fused-ring (bicyclic) bond motifs is 1. The van der Waals surface area contributed by atoms with Gasteiger partial charge in [-0.15, -0.1) is 0 Å². The van der Waals surface area contributed by atoms with Gasteiger partial charge in [-0.1, -0.05) is 13.8 Å². The molecule has 2 aliphatic rings. The van der Waals surface area contributed by atoms with Gasteiger partial charge in [-0.2, -0.15) is 0 Å². The van der Waals surface area contributed by atoms with Crippen LogP contribution in [0.3, 0.4) is 0 Å². The van der Waals surface area contributed by atoms with E-state index in [1.807, 2.05) is 13.8 Å². The Bertz CT molecular complexity index is 262. The Hall–Kier alpha value is -0.990. The van der Waals surface area contributed by atoms with Crippen LogP contribution in [0, 0.1) is 17.3 Å². The summed E-state index contributed by atoms with van der Waals surface area (Å²) in [6.07, 6.45) is 0. The van der Waals surface area contributed by atoms with Crippen molar-refractivity contribution in [3.8, 4) is 0 Å². The highest BCUT2D eigenvalue weighted by molar-refractivity contribution is 6.69. The number of ketones is 3. The van der Waals surface area contributed by atoms with Gasteiger partial charge in [-0.05, 0) is 5.41 Å². The quantitative estimate of drug-likeness (QED) is 0.458. The van der Waals surface area contributed by atoms with E-state index in [0.29, 0.717) is 0 Å². The van der Waals surface area contributed by atoms with Gasteiger partial charge in [0.05, 0.1) is 0 Å². The first kappa shape index (κ1) is 6.70. The minimum absolute atomic E-state index is 0.234. The molecule has 2 atom stereocenters. The van der Waals surface area contributed by atoms with Crippen LogP contribution < -0.4 is 0 Å². The normalized spacial score (nSPS) is 39.3. The SMILES string of the molecule is CC1(C)C2C(=O)C(=O)C(=O)C21. The fourth-order valence-corrected chi connectivity index (χ4v) is 2.02. The Morgan fingerprint density at radius 2 is 1.36 bits per heavy atom. The van der Waals surface area contributed by atoms with Gasteiger partial charge in [0.2, 0.25) is 11.6 Å². The van der Waals surface area contributed by atoms with E-state index < -0.39 is 17.3 Å². The van der Waals surface area contributed by atoms with Crippen molar-refractivity contribution in [2.75, 3.05) is 0 Å². The molecule has 2 fully saturated rings. The number of hydrogen-bond acceptors (Lipinski definition) is 3. The fraction of sp³-hybridized carbons (Fsp3) is 0.625. The topological polar surface area (TPSA) is 51.2 Å². The smallest absolute Gasteiger partial charge is 0.264 e. The molecule has 0 N–H and O–H groups in total. The molecule has 0 aromatic rings. The van der Waals surface area contributed by atoms with Crippen molar-refractivity contribution in [2.24, 2.45) is 17.3 Å². The molecule has 0 aromatic carbocycles. The predicted octanol–water partition coefficient (Wildman–Crippen LogP) is -0.0205. The third-order valence-corrected chi connectivity index (χ3v) is 2.84. The lowest BCUT2D eigenvalue weighted by Gasteiger charge is -2.02. The highest BCUT2D eigenvalue weighted by Gasteiger charge is 2.72. The maximum Gasteiger partial charge on any atom is 0.264 e. The molecule has 0 saturated heterocycles. The number of rotatable bonds is 0. The molecular weight excluding hydrogens is 144 g/mol. The number of hydrogen-bond donors (Lipinski definition) is 0. The summed E-state index contributed by atoms with van der Waals surface area (Å²) < 4.78 is 0. The second-order valence-corrected chi connectivity index (χ2v) is 3.83. The Labute approximate surface area is 63.8 Å². The van der Waals surface area contributed by atoms with Gasteiger partial charge in [0, 0.05) is 11.8 Å². The van der Waals surface area contributed by atoms with Crippen LogP contribution in [0.2, 0.25) is 0 Å². The summed E-state index contributed by atoms with van der Waals surface area (Å²) in [4.78, 5) is 32.7. The maximum atomic E-state index is 11.0. The third-order valence-electron chi connectivity index (χ3n) is 2.84. The monoisotopic (exact) mass is 152 g/mol. The van der Waals surface area contributed by atoms with Crippen LogP contribution in [0.1, 0.15) is 13.8 Å². The van der Waals surface area contributed by atoms with E-state index in [0.717, 1.165) is 0 Å². The van der Waals surface area contributed by atoms with Gasteiger partial charge in [0.25, 0.3) is 5.78 Å². The average molecular weight is 152 g/mol. The van der Waals surface area contributed by atoms with Crippen molar-refractivity contribution in [3.05, 3.63) is 0 Å². The van der Waals surface area contributed by atoms with E-state index in [9.17, 15) is 14.4 Å². The first-order valence-electron chi connectivity index (χ1n) is 3.60. The van der Waals surface area contributed by atoms with E-state index in [1.165, 1.54) is 0 Å². The molecule has 2 saturated carbocycles. The van der Waals surface area contributed by atoms with Crippen molar-refractivity contribution >= 4 is 17.3 Å². The summed E-state index contributed by atoms with van der Waals surface area (Å²) >= 11 is 0. The van der Waals surface area contributed by atoms with Gasteiger partial charge in [-0.25, -0.2) is 0 Å². The molecule has 0 aromatic heterocycles. The zero-order valence-electron chi connectivity index (χ0n) is 6.38. The molecular formula is C8H8O3. The first-order chi connectivity index (χ1) is 4.98. The molecule has 0 bridgehead atoms. The first-order valence-corrected chi connectivity index (χ1v) is 3.60. The average Bonchev–Trinajstić information content (AvgIpc) is 2.39. The van der Waals surface area contributed by atoms with Gasteiger partial charge in [0.1, 0.15) is 0 Å². The summed E-state index contributed by atoms with van der Waals surface area (Å²) in [5.74, 6) is -2.29. The van der Waals surface area contributed by atoms with Crippen LogP contribution >= 0.6 is 0 Å². The summed E-state index contributed by atoms with van der Waals surface area (Å²) in [6, 6.07) is 0. The van der Waals surface area contributed by atoms with Gasteiger partial charge < -0.3 is 0 Å². The Morgan fingerprint density at radius 1 is 1.00 bits per heavy atom. The molecule has 3 nitrogen and oxygen atoms in total. The predicted molar refractivity (Wildman–Crippen MR) is 35.8 cm³/mol. The Balaban J connectivity index is 2.42. The van der Waals surface area contributed by atoms with E-state index in [1.54, 1.807) is 0 Å². The van der Waals surface area contributed by atoms with Crippen LogP contribution in [0.25, 0.3) is 0 Å². The number of carbonyl (C=O) groups is 3. The number of carbonyl (C=O) groups excluding carboxylic acids is 3. The molecule has 58 valence electrons. The van der Waals surface area contributed by atoms with Crippen molar-refractivity contribution in [3.63, 3.8) is 0 Å². The molecule has 2 aliphatic carbocycles. The van der Waals surface area contributed by atoms with Crippen molar-refractivity contribution in [1.29, 1.82) is 0 Å². The van der Waals surface area contributed by atoms with Crippen molar-refractivity contribution in [1.82, 2.24) is 0 Å². The third kappa shape index (κ3) is 0.526. The van der Waals surface area contributed by atoms with E-state index >= 15 is 0 Å². The molecule has 0 amide bonds. The summed E-state index contributed by atoms with van der Waals surface area (Å²) in [5.41, 5.74) is -0.234. The molecule has 11 heavy (non-hydrogen) atoms. The molecule has 0 heterocycles. The second-order valence-electron chi connectivity index (χ2n) is 3.83. The fourth-order valence-electron chi connectivity index (χ4n) is 2.02. The molecule has 0 aliphatic heterocycles. The number of Topliss-reactive ketones (excluding diaryl/α,β-unsaturated/α-hetero) is 3. The molecule has 2 rings (SSSR count).